The lowest BCUT2D eigenvalue weighted by atomic mass is 10.2. The highest BCUT2D eigenvalue weighted by atomic mass is 35.5. The minimum atomic E-state index is -0.573. The third kappa shape index (κ3) is 5.23. The molecule has 0 aliphatic carbocycles. The topological polar surface area (TPSA) is 98.3 Å². The lowest BCUT2D eigenvalue weighted by Crippen LogP contribution is -2.12. The van der Waals surface area contributed by atoms with Gasteiger partial charge in [0.2, 0.25) is 5.91 Å². The average molecular weight is 286 g/mol. The highest BCUT2D eigenvalue weighted by molar-refractivity contribution is 6.31. The van der Waals surface area contributed by atoms with Gasteiger partial charge in [-0.15, -0.1) is 0 Å². The summed E-state index contributed by atoms with van der Waals surface area (Å²) in [5.74, 6) is -0.248. The van der Waals surface area contributed by atoms with Crippen LogP contribution in [0.3, 0.4) is 0 Å². The smallest absolute Gasteiger partial charge is 0.294 e. The average Bonchev–Trinajstić information content (AvgIpc) is 2.36. The minimum absolute atomic E-state index is 0.165. The van der Waals surface area contributed by atoms with Crippen molar-refractivity contribution in [2.24, 2.45) is 5.73 Å². The Balaban J connectivity index is 2.61. The van der Waals surface area contributed by atoms with Gasteiger partial charge in [-0.2, -0.15) is 0 Å². The van der Waals surface area contributed by atoms with Crippen molar-refractivity contribution in [3.63, 3.8) is 0 Å². The van der Waals surface area contributed by atoms with E-state index in [0.717, 1.165) is 12.8 Å². The van der Waals surface area contributed by atoms with Gasteiger partial charge < -0.3 is 11.1 Å². The van der Waals surface area contributed by atoms with E-state index in [1.807, 2.05) is 0 Å². The van der Waals surface area contributed by atoms with Crippen LogP contribution in [0.15, 0.2) is 18.2 Å². The van der Waals surface area contributed by atoms with Gasteiger partial charge in [0.25, 0.3) is 5.69 Å². The number of halogens is 1. The predicted octanol–water partition coefficient (Wildman–Crippen LogP) is 2.71. The molecule has 0 saturated heterocycles. The van der Waals surface area contributed by atoms with Gasteiger partial charge in [-0.3, -0.25) is 14.9 Å². The largest absolute Gasteiger partial charge is 0.330 e. The summed E-state index contributed by atoms with van der Waals surface area (Å²) in [6.07, 6.45) is 2.77. The van der Waals surface area contributed by atoms with E-state index in [2.05, 4.69) is 5.32 Å². The number of hydrogen-bond donors (Lipinski definition) is 2. The van der Waals surface area contributed by atoms with Crippen molar-refractivity contribution in [1.29, 1.82) is 0 Å². The van der Waals surface area contributed by atoms with E-state index in [1.165, 1.54) is 18.2 Å². The van der Waals surface area contributed by atoms with Crippen molar-refractivity contribution < 1.29 is 9.72 Å². The zero-order valence-corrected chi connectivity index (χ0v) is 11.2. The zero-order valence-electron chi connectivity index (χ0n) is 10.4. The Kier molecular flexibility index (Phi) is 6.24. The number of carbonyl (C=O) groups is 1. The fraction of sp³-hybridized carbons (Fsp3) is 0.417. The molecule has 0 aliphatic heterocycles. The Bertz CT molecular complexity index is 466. The molecular weight excluding hydrogens is 270 g/mol. The molecule has 1 rings (SSSR count). The SMILES string of the molecule is NCCCCCC(=O)Nc1ccc(Cl)cc1[N+](=O)[O-]. The number of benzene rings is 1. The number of hydrogen-bond acceptors (Lipinski definition) is 4. The molecule has 0 atom stereocenters. The van der Waals surface area contributed by atoms with Crippen LogP contribution in [-0.4, -0.2) is 17.4 Å². The molecule has 0 aliphatic rings. The number of nitrogens with one attached hydrogen (secondary N) is 1. The Hall–Kier alpha value is -1.66. The summed E-state index contributed by atoms with van der Waals surface area (Å²) in [4.78, 5) is 21.9. The molecule has 0 bridgehead atoms. The molecule has 1 amide bonds. The summed E-state index contributed by atoms with van der Waals surface area (Å²) < 4.78 is 0. The highest BCUT2D eigenvalue weighted by Gasteiger charge is 2.16. The van der Waals surface area contributed by atoms with Crippen LogP contribution < -0.4 is 11.1 Å². The Morgan fingerprint density at radius 2 is 2.11 bits per heavy atom. The fourth-order valence-electron chi connectivity index (χ4n) is 1.58. The molecule has 0 aromatic heterocycles. The van der Waals surface area contributed by atoms with Crippen LogP contribution in [0.5, 0.6) is 0 Å². The second-order valence-electron chi connectivity index (χ2n) is 4.07. The number of nitrogens with zero attached hydrogens (tertiary/aromatic N) is 1. The van der Waals surface area contributed by atoms with Gasteiger partial charge in [-0.25, -0.2) is 0 Å². The summed E-state index contributed by atoms with van der Waals surface area (Å²) >= 11 is 5.69. The van der Waals surface area contributed by atoms with Gasteiger partial charge in [0, 0.05) is 17.5 Å². The van der Waals surface area contributed by atoms with Crippen LogP contribution in [0.2, 0.25) is 5.02 Å². The van der Waals surface area contributed by atoms with Crippen molar-refractivity contribution in [1.82, 2.24) is 0 Å². The summed E-state index contributed by atoms with van der Waals surface area (Å²) in [6.45, 7) is 0.601. The molecule has 19 heavy (non-hydrogen) atoms. The quantitative estimate of drug-likeness (QED) is 0.457. The third-order valence-electron chi connectivity index (χ3n) is 2.54. The maximum absolute atomic E-state index is 11.6. The first-order valence-corrected chi connectivity index (χ1v) is 6.36. The van der Waals surface area contributed by atoms with Gasteiger partial charge in [-0.1, -0.05) is 18.0 Å². The van der Waals surface area contributed by atoms with Crippen LogP contribution >= 0.6 is 11.6 Å². The van der Waals surface area contributed by atoms with Crippen molar-refractivity contribution in [3.05, 3.63) is 33.3 Å². The lowest BCUT2D eigenvalue weighted by Gasteiger charge is -2.06. The number of rotatable bonds is 7. The first kappa shape index (κ1) is 15.4. The summed E-state index contributed by atoms with van der Waals surface area (Å²) in [7, 11) is 0. The van der Waals surface area contributed by atoms with E-state index in [0.29, 0.717) is 19.4 Å². The monoisotopic (exact) mass is 285 g/mol. The number of anilines is 1. The fourth-order valence-corrected chi connectivity index (χ4v) is 1.75. The molecule has 0 spiro atoms. The number of carbonyl (C=O) groups excluding carboxylic acids is 1. The van der Waals surface area contributed by atoms with Gasteiger partial charge in [0.1, 0.15) is 5.69 Å². The molecule has 1 aromatic carbocycles. The van der Waals surface area contributed by atoms with E-state index >= 15 is 0 Å². The molecular formula is C12H16ClN3O3. The molecule has 7 heteroatoms. The van der Waals surface area contributed by atoms with Crippen LogP contribution in [0.4, 0.5) is 11.4 Å². The highest BCUT2D eigenvalue weighted by Crippen LogP contribution is 2.27. The van der Waals surface area contributed by atoms with Crippen molar-refractivity contribution in [3.8, 4) is 0 Å². The Morgan fingerprint density at radius 1 is 1.37 bits per heavy atom. The molecule has 0 fully saturated rings. The van der Waals surface area contributed by atoms with E-state index in [4.69, 9.17) is 17.3 Å². The van der Waals surface area contributed by atoms with Crippen LogP contribution in [0.1, 0.15) is 25.7 Å². The molecule has 104 valence electrons. The maximum Gasteiger partial charge on any atom is 0.294 e. The standard InChI is InChI=1S/C12H16ClN3O3/c13-9-5-6-10(11(8-9)16(18)19)15-12(17)4-2-1-3-7-14/h5-6,8H,1-4,7,14H2,(H,15,17). The second kappa shape index (κ2) is 7.70. The number of nitro groups is 1. The molecule has 0 radical (unpaired) electrons. The van der Waals surface area contributed by atoms with Crippen LogP contribution in [-0.2, 0) is 4.79 Å². The summed E-state index contributed by atoms with van der Waals surface area (Å²) in [6, 6.07) is 4.14. The minimum Gasteiger partial charge on any atom is -0.330 e. The second-order valence-corrected chi connectivity index (χ2v) is 4.50. The zero-order chi connectivity index (χ0) is 14.3. The van der Waals surface area contributed by atoms with E-state index < -0.39 is 4.92 Å². The molecule has 0 heterocycles. The number of unbranched alkanes of at least 4 members (excludes halogenated alkanes) is 2. The van der Waals surface area contributed by atoms with Crippen molar-refractivity contribution in [2.45, 2.75) is 25.7 Å². The van der Waals surface area contributed by atoms with E-state index in [-0.39, 0.29) is 22.3 Å². The van der Waals surface area contributed by atoms with Crippen LogP contribution in [0.25, 0.3) is 0 Å². The molecule has 0 unspecified atom stereocenters. The predicted molar refractivity (Wildman–Crippen MR) is 74.3 cm³/mol. The molecule has 0 saturated carbocycles. The van der Waals surface area contributed by atoms with Gasteiger partial charge in [-0.05, 0) is 31.5 Å². The first-order valence-electron chi connectivity index (χ1n) is 5.98. The summed E-state index contributed by atoms with van der Waals surface area (Å²) in [5.41, 5.74) is 5.31. The maximum atomic E-state index is 11.6. The van der Waals surface area contributed by atoms with Gasteiger partial charge in [0.15, 0.2) is 0 Å². The third-order valence-corrected chi connectivity index (χ3v) is 2.77. The number of nitro benzene ring substituents is 1. The normalized spacial score (nSPS) is 10.2. The summed E-state index contributed by atoms with van der Waals surface area (Å²) in [5, 5.41) is 13.6. The number of nitrogens with two attached hydrogens (primary N) is 1. The van der Waals surface area contributed by atoms with E-state index in [1.54, 1.807) is 0 Å². The molecule has 3 N–H and O–H groups in total. The first-order chi connectivity index (χ1) is 9.04. The Morgan fingerprint density at radius 3 is 2.74 bits per heavy atom. The molecule has 1 aromatic rings. The van der Waals surface area contributed by atoms with Crippen molar-refractivity contribution in [2.75, 3.05) is 11.9 Å². The molecule has 6 nitrogen and oxygen atoms in total. The van der Waals surface area contributed by atoms with Gasteiger partial charge in [0.05, 0.1) is 4.92 Å². The Labute approximate surface area is 116 Å². The van der Waals surface area contributed by atoms with Gasteiger partial charge >= 0.3 is 0 Å². The van der Waals surface area contributed by atoms with E-state index in [9.17, 15) is 14.9 Å². The number of amides is 1. The van der Waals surface area contributed by atoms with Crippen LogP contribution in [0, 0.1) is 10.1 Å². The lowest BCUT2D eigenvalue weighted by molar-refractivity contribution is -0.383. The van der Waals surface area contributed by atoms with Crippen molar-refractivity contribution >= 4 is 28.9 Å².